The van der Waals surface area contributed by atoms with E-state index in [1.54, 1.807) is 6.92 Å². The maximum absolute atomic E-state index is 13.8. The van der Waals surface area contributed by atoms with E-state index in [1.165, 1.54) is 11.8 Å². The third-order valence-electron chi connectivity index (χ3n) is 5.59. The molecule has 150 valence electrons. The minimum absolute atomic E-state index is 0.0474. The third kappa shape index (κ3) is 3.53. The first kappa shape index (κ1) is 19.3. The first-order valence-corrected chi connectivity index (χ1v) is 9.43. The van der Waals surface area contributed by atoms with E-state index in [-0.39, 0.29) is 22.7 Å². The van der Waals surface area contributed by atoms with Crippen LogP contribution in [0.4, 0.5) is 8.78 Å². The van der Waals surface area contributed by atoms with Crippen molar-refractivity contribution in [2.75, 3.05) is 7.05 Å². The van der Waals surface area contributed by atoms with Crippen LogP contribution in [0, 0.1) is 11.6 Å². The van der Waals surface area contributed by atoms with Gasteiger partial charge in [-0.15, -0.1) is 0 Å². The third-order valence-corrected chi connectivity index (χ3v) is 5.59. The van der Waals surface area contributed by atoms with Crippen LogP contribution in [-0.4, -0.2) is 28.9 Å². The molecule has 29 heavy (non-hydrogen) atoms. The summed E-state index contributed by atoms with van der Waals surface area (Å²) in [4.78, 5) is 29.5. The van der Waals surface area contributed by atoms with E-state index >= 15 is 0 Å². The molecular formula is C22H21F2N3O2. The molecule has 0 fully saturated rings. The number of amides is 1. The molecule has 1 aliphatic heterocycles. The molecular weight excluding hydrogens is 376 g/mol. The maximum atomic E-state index is 13.8. The number of nitrogens with one attached hydrogen (secondary N) is 2. The van der Waals surface area contributed by atoms with Crippen LogP contribution >= 0.6 is 0 Å². The molecule has 1 amide bonds. The van der Waals surface area contributed by atoms with Gasteiger partial charge in [-0.3, -0.25) is 14.5 Å². The molecule has 1 aromatic heterocycles. The number of carbonyl (C=O) groups excluding carboxylic acids is 1. The zero-order valence-corrected chi connectivity index (χ0v) is 16.1. The first-order chi connectivity index (χ1) is 13.8. The van der Waals surface area contributed by atoms with E-state index in [9.17, 15) is 18.4 Å². The topological polar surface area (TPSA) is 65.2 Å². The second-order valence-corrected chi connectivity index (χ2v) is 7.52. The fraction of sp³-hybridized carbons (Fsp3) is 0.273. The van der Waals surface area contributed by atoms with Gasteiger partial charge in [0.15, 0.2) is 11.6 Å². The van der Waals surface area contributed by atoms with Crippen molar-refractivity contribution in [1.82, 2.24) is 15.2 Å². The number of carbonyl (C=O) groups is 1. The van der Waals surface area contributed by atoms with Crippen molar-refractivity contribution >= 4 is 16.7 Å². The number of fused-ring (bicyclic) bond motifs is 2. The van der Waals surface area contributed by atoms with Crippen LogP contribution in [-0.2, 0) is 17.8 Å². The van der Waals surface area contributed by atoms with Gasteiger partial charge in [-0.05, 0) is 54.6 Å². The van der Waals surface area contributed by atoms with Crippen molar-refractivity contribution in [2.45, 2.75) is 32.0 Å². The molecule has 2 N–H and O–H groups in total. The second kappa shape index (κ2) is 7.40. The van der Waals surface area contributed by atoms with E-state index < -0.39 is 23.2 Å². The Morgan fingerprint density at radius 1 is 1.17 bits per heavy atom. The number of rotatable bonds is 3. The lowest BCUT2D eigenvalue weighted by Gasteiger charge is -2.33. The van der Waals surface area contributed by atoms with Crippen LogP contribution in [0.25, 0.3) is 10.8 Å². The van der Waals surface area contributed by atoms with E-state index in [0.29, 0.717) is 18.5 Å². The molecule has 3 aromatic rings. The predicted molar refractivity (Wildman–Crippen MR) is 106 cm³/mol. The quantitative estimate of drug-likeness (QED) is 0.714. The lowest BCUT2D eigenvalue weighted by atomic mass is 9.93. The summed E-state index contributed by atoms with van der Waals surface area (Å²) in [5.74, 6) is -2.28. The molecule has 0 aliphatic carbocycles. The number of nitrogens with zero attached hydrogens (tertiary/aromatic N) is 1. The maximum Gasteiger partial charge on any atom is 0.255 e. The second-order valence-electron chi connectivity index (χ2n) is 7.52. The summed E-state index contributed by atoms with van der Waals surface area (Å²) in [5, 5.41) is 3.28. The number of hydrogen-bond donors (Lipinski definition) is 2. The standard InChI is InChI=1S/C22H21F2N3O2/c1-12(17-10-25-21(28)16-9-19(24)18(23)8-15(16)17)26-22(29)20-7-13-5-3-4-6-14(13)11-27(20)2/h3-6,8-10,12,20H,7,11H2,1-2H3,(H,25,28)(H,26,29)/t12-,20+/m0/s1. The Bertz CT molecular complexity index is 1160. The van der Waals surface area contributed by atoms with Gasteiger partial charge in [-0.25, -0.2) is 8.78 Å². The predicted octanol–water partition coefficient (Wildman–Crippen LogP) is 3.04. The molecule has 2 atom stereocenters. The van der Waals surface area contributed by atoms with E-state index in [2.05, 4.69) is 16.4 Å². The van der Waals surface area contributed by atoms with Gasteiger partial charge in [0.2, 0.25) is 5.91 Å². The highest BCUT2D eigenvalue weighted by atomic mass is 19.2. The minimum atomic E-state index is -1.08. The SMILES string of the molecule is C[C@H](NC(=O)[C@H]1Cc2ccccc2CN1C)c1c[nH]c(=O)c2cc(F)c(F)cc12. The fourth-order valence-electron chi connectivity index (χ4n) is 3.96. The number of aromatic nitrogens is 1. The van der Waals surface area contributed by atoms with Gasteiger partial charge in [0.1, 0.15) is 0 Å². The van der Waals surface area contributed by atoms with E-state index in [4.69, 9.17) is 0 Å². The Morgan fingerprint density at radius 3 is 2.55 bits per heavy atom. The van der Waals surface area contributed by atoms with Crippen molar-refractivity contribution in [2.24, 2.45) is 0 Å². The summed E-state index contributed by atoms with van der Waals surface area (Å²) in [7, 11) is 1.90. The highest BCUT2D eigenvalue weighted by molar-refractivity contribution is 5.87. The average Bonchev–Trinajstić information content (AvgIpc) is 2.69. The Labute approximate surface area is 166 Å². The normalized spacial score (nSPS) is 17.7. The Morgan fingerprint density at radius 2 is 1.83 bits per heavy atom. The monoisotopic (exact) mass is 397 g/mol. The van der Waals surface area contributed by atoms with Gasteiger partial charge >= 0.3 is 0 Å². The number of H-pyrrole nitrogens is 1. The zero-order valence-electron chi connectivity index (χ0n) is 16.1. The lowest BCUT2D eigenvalue weighted by Crippen LogP contribution is -2.49. The van der Waals surface area contributed by atoms with Gasteiger partial charge in [-0.2, -0.15) is 0 Å². The molecule has 2 aromatic carbocycles. The summed E-state index contributed by atoms with van der Waals surface area (Å²) in [6.07, 6.45) is 2.03. The molecule has 0 unspecified atom stereocenters. The summed E-state index contributed by atoms with van der Waals surface area (Å²) in [5.41, 5.74) is 2.36. The lowest BCUT2D eigenvalue weighted by molar-refractivity contribution is -0.127. The Hall–Kier alpha value is -3.06. The van der Waals surface area contributed by atoms with Crippen LogP contribution in [0.2, 0.25) is 0 Å². The molecule has 0 saturated carbocycles. The number of benzene rings is 2. The highest BCUT2D eigenvalue weighted by Crippen LogP contribution is 2.26. The average molecular weight is 397 g/mol. The van der Waals surface area contributed by atoms with Crippen molar-refractivity contribution in [3.8, 4) is 0 Å². The van der Waals surface area contributed by atoms with Gasteiger partial charge < -0.3 is 10.3 Å². The number of aromatic amines is 1. The van der Waals surface area contributed by atoms with E-state index in [0.717, 1.165) is 17.7 Å². The van der Waals surface area contributed by atoms with Crippen molar-refractivity contribution in [3.05, 3.63) is 81.3 Å². The molecule has 0 saturated heterocycles. The van der Waals surface area contributed by atoms with Crippen LogP contribution in [0.1, 0.15) is 29.7 Å². The van der Waals surface area contributed by atoms with E-state index in [1.807, 2.05) is 30.1 Å². The fourth-order valence-corrected chi connectivity index (χ4v) is 3.96. The molecule has 7 heteroatoms. The molecule has 0 radical (unpaired) electrons. The zero-order chi connectivity index (χ0) is 20.7. The van der Waals surface area contributed by atoms with Gasteiger partial charge in [-0.1, -0.05) is 24.3 Å². The van der Waals surface area contributed by atoms with Gasteiger partial charge in [0.25, 0.3) is 5.56 Å². The summed E-state index contributed by atoms with van der Waals surface area (Å²) in [6, 6.07) is 9.07. The van der Waals surface area contributed by atoms with Crippen LogP contribution in [0.3, 0.4) is 0 Å². The minimum Gasteiger partial charge on any atom is -0.348 e. The molecule has 1 aliphatic rings. The summed E-state index contributed by atoms with van der Waals surface area (Å²) >= 11 is 0. The van der Waals surface area contributed by atoms with Gasteiger partial charge in [0.05, 0.1) is 17.5 Å². The number of pyridine rings is 1. The number of halogens is 2. The highest BCUT2D eigenvalue weighted by Gasteiger charge is 2.30. The smallest absolute Gasteiger partial charge is 0.255 e. The molecule has 0 bridgehead atoms. The summed E-state index contributed by atoms with van der Waals surface area (Å²) < 4.78 is 27.4. The molecule has 2 heterocycles. The van der Waals surface area contributed by atoms with Crippen molar-refractivity contribution < 1.29 is 13.6 Å². The Balaban J connectivity index is 1.61. The first-order valence-electron chi connectivity index (χ1n) is 9.43. The van der Waals surface area contributed by atoms with Gasteiger partial charge in [0, 0.05) is 12.7 Å². The van der Waals surface area contributed by atoms with Crippen molar-refractivity contribution in [3.63, 3.8) is 0 Å². The summed E-state index contributed by atoms with van der Waals surface area (Å²) in [6.45, 7) is 2.43. The largest absolute Gasteiger partial charge is 0.348 e. The van der Waals surface area contributed by atoms with Crippen LogP contribution < -0.4 is 10.9 Å². The van der Waals surface area contributed by atoms with Crippen molar-refractivity contribution in [1.29, 1.82) is 0 Å². The molecule has 4 rings (SSSR count). The molecule has 0 spiro atoms. The van der Waals surface area contributed by atoms with Crippen LogP contribution in [0.15, 0.2) is 47.4 Å². The number of likely N-dealkylation sites (N-methyl/N-ethyl adjacent to an activating group) is 1. The molecule has 5 nitrogen and oxygen atoms in total. The number of hydrogen-bond acceptors (Lipinski definition) is 3. The van der Waals surface area contributed by atoms with Crippen LogP contribution in [0.5, 0.6) is 0 Å². The Kier molecular flexibility index (Phi) is 4.92.